The average Bonchev–Trinajstić information content (AvgIpc) is 2.42. The number of hydrogen-bond acceptors (Lipinski definition) is 3. The van der Waals surface area contributed by atoms with Crippen LogP contribution in [0, 0.1) is 11.3 Å². The van der Waals surface area contributed by atoms with Crippen LogP contribution in [-0.4, -0.2) is 35.2 Å². The number of aliphatic carboxylic acids is 1. The molecule has 1 unspecified atom stereocenters. The minimum absolute atomic E-state index is 0.0211. The Hall–Kier alpha value is -1.10. The van der Waals surface area contributed by atoms with E-state index in [1.54, 1.807) is 13.8 Å². The van der Waals surface area contributed by atoms with Crippen molar-refractivity contribution >= 4 is 11.9 Å². The van der Waals surface area contributed by atoms with Gasteiger partial charge in [-0.05, 0) is 31.6 Å². The number of rotatable bonds is 11. The predicted molar refractivity (Wildman–Crippen MR) is 78.4 cm³/mol. The fourth-order valence-electron chi connectivity index (χ4n) is 2.45. The first-order valence-corrected chi connectivity index (χ1v) is 7.56. The molecule has 0 spiro atoms. The van der Waals surface area contributed by atoms with E-state index >= 15 is 0 Å². The third kappa shape index (κ3) is 5.90. The molecular formula is C15H29NO4. The van der Waals surface area contributed by atoms with Crippen LogP contribution in [0.1, 0.15) is 59.3 Å². The number of hydrogen-bond donors (Lipinski definition) is 3. The van der Waals surface area contributed by atoms with Gasteiger partial charge in [-0.1, -0.05) is 27.2 Å². The standard InChI is InChI=1S/C15H29NO4/c1-4-7-12(8-9-17)11-16-13(18)10-15(5-2,6-3)14(19)20/h12,17H,4-11H2,1-3H3,(H,16,18)(H,19,20). The fraction of sp³-hybridized carbons (Fsp3) is 0.867. The van der Waals surface area contributed by atoms with Crippen molar-refractivity contribution in [3.05, 3.63) is 0 Å². The summed E-state index contributed by atoms with van der Waals surface area (Å²) >= 11 is 0. The Morgan fingerprint density at radius 3 is 2.15 bits per heavy atom. The lowest BCUT2D eigenvalue weighted by Gasteiger charge is -2.26. The van der Waals surface area contributed by atoms with E-state index in [2.05, 4.69) is 12.2 Å². The summed E-state index contributed by atoms with van der Waals surface area (Å²) in [5.74, 6) is -0.857. The normalized spacial score (nSPS) is 13.0. The van der Waals surface area contributed by atoms with Crippen molar-refractivity contribution in [3.63, 3.8) is 0 Å². The molecule has 0 aliphatic rings. The minimum Gasteiger partial charge on any atom is -0.481 e. The summed E-state index contributed by atoms with van der Waals surface area (Å²) in [5.41, 5.74) is -0.957. The summed E-state index contributed by atoms with van der Waals surface area (Å²) < 4.78 is 0. The Labute approximate surface area is 121 Å². The van der Waals surface area contributed by atoms with Gasteiger partial charge in [-0.15, -0.1) is 0 Å². The van der Waals surface area contributed by atoms with E-state index in [1.165, 1.54) is 0 Å². The highest BCUT2D eigenvalue weighted by atomic mass is 16.4. The molecule has 0 aliphatic heterocycles. The second-order valence-electron chi connectivity index (χ2n) is 5.44. The molecule has 1 amide bonds. The number of aliphatic hydroxyl groups is 1. The van der Waals surface area contributed by atoms with Crippen LogP contribution in [0.15, 0.2) is 0 Å². The average molecular weight is 287 g/mol. The first kappa shape index (κ1) is 18.9. The zero-order valence-electron chi connectivity index (χ0n) is 12.9. The van der Waals surface area contributed by atoms with Crippen LogP contribution in [0.2, 0.25) is 0 Å². The van der Waals surface area contributed by atoms with Crippen molar-refractivity contribution in [2.45, 2.75) is 59.3 Å². The number of carbonyl (C=O) groups excluding carboxylic acids is 1. The van der Waals surface area contributed by atoms with Crippen LogP contribution in [0.5, 0.6) is 0 Å². The molecule has 0 fully saturated rings. The minimum atomic E-state index is -0.957. The zero-order chi connectivity index (χ0) is 15.6. The second kappa shape index (κ2) is 9.75. The summed E-state index contributed by atoms with van der Waals surface area (Å²) in [4.78, 5) is 23.3. The molecule has 0 bridgehead atoms. The molecule has 0 heterocycles. The van der Waals surface area contributed by atoms with Crippen LogP contribution >= 0.6 is 0 Å². The van der Waals surface area contributed by atoms with Crippen LogP contribution in [-0.2, 0) is 9.59 Å². The monoisotopic (exact) mass is 287 g/mol. The van der Waals surface area contributed by atoms with Crippen molar-refractivity contribution in [2.24, 2.45) is 11.3 Å². The Morgan fingerprint density at radius 1 is 1.15 bits per heavy atom. The highest BCUT2D eigenvalue weighted by Crippen LogP contribution is 2.30. The van der Waals surface area contributed by atoms with Gasteiger partial charge >= 0.3 is 5.97 Å². The number of carboxylic acid groups (broad SMARTS) is 1. The van der Waals surface area contributed by atoms with Crippen LogP contribution in [0.4, 0.5) is 0 Å². The van der Waals surface area contributed by atoms with Gasteiger partial charge in [-0.2, -0.15) is 0 Å². The molecule has 0 aromatic rings. The molecule has 0 rings (SSSR count). The van der Waals surface area contributed by atoms with Gasteiger partial charge in [0.1, 0.15) is 0 Å². The number of aliphatic hydroxyl groups excluding tert-OH is 1. The molecule has 3 N–H and O–H groups in total. The van der Waals surface area contributed by atoms with Crippen molar-refractivity contribution in [2.75, 3.05) is 13.2 Å². The van der Waals surface area contributed by atoms with E-state index in [9.17, 15) is 14.7 Å². The van der Waals surface area contributed by atoms with E-state index < -0.39 is 11.4 Å². The highest BCUT2D eigenvalue weighted by Gasteiger charge is 2.37. The molecule has 5 nitrogen and oxygen atoms in total. The number of carboxylic acids is 1. The van der Waals surface area contributed by atoms with E-state index in [-0.39, 0.29) is 24.9 Å². The lowest BCUT2D eigenvalue weighted by molar-refractivity contribution is -0.152. The number of nitrogens with one attached hydrogen (secondary N) is 1. The fourth-order valence-corrected chi connectivity index (χ4v) is 2.45. The largest absolute Gasteiger partial charge is 0.481 e. The van der Waals surface area contributed by atoms with Gasteiger partial charge in [0.2, 0.25) is 5.91 Å². The van der Waals surface area contributed by atoms with Crippen LogP contribution in [0.3, 0.4) is 0 Å². The third-order valence-electron chi connectivity index (χ3n) is 4.13. The maximum absolute atomic E-state index is 12.0. The quantitative estimate of drug-likeness (QED) is 0.543. The van der Waals surface area contributed by atoms with Crippen molar-refractivity contribution < 1.29 is 19.8 Å². The van der Waals surface area contributed by atoms with Gasteiger partial charge in [0, 0.05) is 19.6 Å². The predicted octanol–water partition coefficient (Wildman–Crippen LogP) is 2.18. The Bertz CT molecular complexity index is 294. The van der Waals surface area contributed by atoms with Gasteiger partial charge < -0.3 is 15.5 Å². The zero-order valence-corrected chi connectivity index (χ0v) is 12.9. The van der Waals surface area contributed by atoms with Gasteiger partial charge in [0.15, 0.2) is 0 Å². The Morgan fingerprint density at radius 2 is 1.75 bits per heavy atom. The molecule has 0 saturated heterocycles. The molecule has 1 atom stereocenters. The molecular weight excluding hydrogens is 258 g/mol. The van der Waals surface area contributed by atoms with Crippen LogP contribution in [0.25, 0.3) is 0 Å². The SMILES string of the molecule is CCCC(CCO)CNC(=O)CC(CC)(CC)C(=O)O. The molecule has 0 radical (unpaired) electrons. The maximum atomic E-state index is 12.0. The van der Waals surface area contributed by atoms with Crippen molar-refractivity contribution in [1.29, 1.82) is 0 Å². The third-order valence-corrected chi connectivity index (χ3v) is 4.13. The Kier molecular flexibility index (Phi) is 9.21. The smallest absolute Gasteiger partial charge is 0.310 e. The van der Waals surface area contributed by atoms with E-state index in [4.69, 9.17) is 5.11 Å². The van der Waals surface area contributed by atoms with E-state index in [1.807, 2.05) is 0 Å². The first-order valence-electron chi connectivity index (χ1n) is 7.56. The summed E-state index contributed by atoms with van der Waals surface area (Å²) in [7, 11) is 0. The number of amides is 1. The van der Waals surface area contributed by atoms with Crippen molar-refractivity contribution in [3.8, 4) is 0 Å². The van der Waals surface area contributed by atoms with Gasteiger partial charge in [-0.3, -0.25) is 9.59 Å². The van der Waals surface area contributed by atoms with Gasteiger partial charge in [0.05, 0.1) is 5.41 Å². The molecule has 0 aromatic carbocycles. The van der Waals surface area contributed by atoms with Crippen molar-refractivity contribution in [1.82, 2.24) is 5.32 Å². The molecule has 20 heavy (non-hydrogen) atoms. The highest BCUT2D eigenvalue weighted by molar-refractivity contribution is 5.84. The molecule has 0 saturated carbocycles. The lowest BCUT2D eigenvalue weighted by atomic mass is 9.79. The second-order valence-corrected chi connectivity index (χ2v) is 5.44. The topological polar surface area (TPSA) is 86.6 Å². The van der Waals surface area contributed by atoms with Gasteiger partial charge in [0.25, 0.3) is 0 Å². The molecule has 5 heteroatoms. The van der Waals surface area contributed by atoms with Gasteiger partial charge in [-0.25, -0.2) is 0 Å². The summed E-state index contributed by atoms with van der Waals surface area (Å²) in [6, 6.07) is 0. The van der Waals surface area contributed by atoms with E-state index in [0.29, 0.717) is 25.8 Å². The maximum Gasteiger partial charge on any atom is 0.310 e. The number of carbonyl (C=O) groups is 2. The molecule has 0 aromatic heterocycles. The van der Waals surface area contributed by atoms with Crippen LogP contribution < -0.4 is 5.32 Å². The van der Waals surface area contributed by atoms with E-state index in [0.717, 1.165) is 12.8 Å². The summed E-state index contributed by atoms with van der Waals surface area (Å²) in [6.45, 7) is 6.29. The summed E-state index contributed by atoms with van der Waals surface area (Å²) in [5, 5.41) is 21.1. The lowest BCUT2D eigenvalue weighted by Crippen LogP contribution is -2.38. The summed E-state index contributed by atoms with van der Waals surface area (Å²) in [6.07, 6.45) is 3.53. The first-order chi connectivity index (χ1) is 9.45. The Balaban J connectivity index is 4.42. The molecule has 0 aliphatic carbocycles. The molecule has 118 valence electrons.